The van der Waals surface area contributed by atoms with Gasteiger partial charge in [0.05, 0.1) is 27.7 Å². The minimum atomic E-state index is 0. The van der Waals surface area contributed by atoms with E-state index >= 15 is 0 Å². The third-order valence-corrected chi connectivity index (χ3v) is 2.02. The fourth-order valence-corrected chi connectivity index (χ4v) is 1.25. The SMILES string of the molecule is Br.C[N+](C)(C)CCCCCBr. The molecule has 0 spiro atoms. The molecule has 0 aliphatic carbocycles. The van der Waals surface area contributed by atoms with Crippen molar-refractivity contribution < 1.29 is 4.48 Å². The Morgan fingerprint density at radius 1 is 1.00 bits per heavy atom. The molecule has 0 heterocycles. The molecule has 70 valence electrons. The summed E-state index contributed by atoms with van der Waals surface area (Å²) in [5, 5.41) is 1.16. The molecule has 0 aliphatic heterocycles. The van der Waals surface area contributed by atoms with Crippen LogP contribution in [-0.4, -0.2) is 37.5 Å². The maximum absolute atomic E-state index is 3.42. The monoisotopic (exact) mass is 288 g/mol. The molecule has 0 aromatic carbocycles. The van der Waals surface area contributed by atoms with Gasteiger partial charge in [-0.25, -0.2) is 0 Å². The molecular weight excluding hydrogens is 270 g/mol. The third kappa shape index (κ3) is 13.9. The van der Waals surface area contributed by atoms with Crippen LogP contribution in [0, 0.1) is 0 Å². The Labute approximate surface area is 89.6 Å². The average Bonchev–Trinajstić information content (AvgIpc) is 1.78. The second-order valence-corrected chi connectivity index (χ2v) is 4.56. The van der Waals surface area contributed by atoms with Crippen LogP contribution >= 0.6 is 32.9 Å². The fourth-order valence-electron chi connectivity index (χ4n) is 0.857. The van der Waals surface area contributed by atoms with Crippen LogP contribution in [0.2, 0.25) is 0 Å². The number of quaternary nitrogens is 1. The topological polar surface area (TPSA) is 0 Å². The zero-order chi connectivity index (χ0) is 8.04. The summed E-state index contributed by atoms with van der Waals surface area (Å²) in [5.74, 6) is 0. The van der Waals surface area contributed by atoms with Crippen LogP contribution in [0.5, 0.6) is 0 Å². The summed E-state index contributed by atoms with van der Waals surface area (Å²) < 4.78 is 1.10. The van der Waals surface area contributed by atoms with Gasteiger partial charge in [-0.2, -0.15) is 0 Å². The Kier molecular flexibility index (Phi) is 9.93. The van der Waals surface area contributed by atoms with Crippen LogP contribution in [0.25, 0.3) is 0 Å². The van der Waals surface area contributed by atoms with Gasteiger partial charge >= 0.3 is 0 Å². The quantitative estimate of drug-likeness (QED) is 0.415. The molecule has 0 saturated carbocycles. The van der Waals surface area contributed by atoms with Crippen LogP contribution in [-0.2, 0) is 0 Å². The van der Waals surface area contributed by atoms with Gasteiger partial charge in [0.25, 0.3) is 0 Å². The highest BCUT2D eigenvalue weighted by Gasteiger charge is 2.04. The van der Waals surface area contributed by atoms with Crippen molar-refractivity contribution in [1.29, 1.82) is 0 Å². The molecule has 0 aromatic rings. The van der Waals surface area contributed by atoms with Crippen molar-refractivity contribution in [3.63, 3.8) is 0 Å². The number of alkyl halides is 1. The van der Waals surface area contributed by atoms with Crippen molar-refractivity contribution in [3.8, 4) is 0 Å². The zero-order valence-electron chi connectivity index (χ0n) is 7.77. The van der Waals surface area contributed by atoms with E-state index in [1.54, 1.807) is 0 Å². The van der Waals surface area contributed by atoms with Gasteiger partial charge in [-0.05, 0) is 19.3 Å². The highest BCUT2D eigenvalue weighted by atomic mass is 79.9. The molecule has 0 unspecified atom stereocenters. The normalized spacial score (nSPS) is 10.9. The minimum Gasteiger partial charge on any atom is -0.331 e. The lowest BCUT2D eigenvalue weighted by atomic mass is 10.2. The van der Waals surface area contributed by atoms with Crippen molar-refractivity contribution in [2.75, 3.05) is 33.0 Å². The van der Waals surface area contributed by atoms with Crippen molar-refractivity contribution in [2.24, 2.45) is 0 Å². The van der Waals surface area contributed by atoms with E-state index in [4.69, 9.17) is 0 Å². The van der Waals surface area contributed by atoms with E-state index in [1.807, 2.05) is 0 Å². The number of hydrogen-bond donors (Lipinski definition) is 0. The van der Waals surface area contributed by atoms with Crippen molar-refractivity contribution in [2.45, 2.75) is 19.3 Å². The lowest BCUT2D eigenvalue weighted by molar-refractivity contribution is -0.870. The van der Waals surface area contributed by atoms with Crippen molar-refractivity contribution >= 4 is 32.9 Å². The predicted octanol–water partition coefficient (Wildman–Crippen LogP) is 2.84. The first-order valence-electron chi connectivity index (χ1n) is 3.93. The molecule has 0 saturated heterocycles. The molecule has 0 amide bonds. The van der Waals surface area contributed by atoms with Crippen molar-refractivity contribution in [1.82, 2.24) is 0 Å². The summed E-state index contributed by atoms with van der Waals surface area (Å²) in [4.78, 5) is 0. The first kappa shape index (κ1) is 14.4. The summed E-state index contributed by atoms with van der Waals surface area (Å²) in [5.41, 5.74) is 0. The van der Waals surface area contributed by atoms with Gasteiger partial charge < -0.3 is 4.48 Å². The molecule has 0 bridgehead atoms. The van der Waals surface area contributed by atoms with Crippen LogP contribution in [0.15, 0.2) is 0 Å². The molecule has 0 atom stereocenters. The Balaban J connectivity index is 0. The molecule has 0 aliphatic rings. The Morgan fingerprint density at radius 2 is 1.55 bits per heavy atom. The lowest BCUT2D eigenvalue weighted by Crippen LogP contribution is -2.35. The summed E-state index contributed by atoms with van der Waals surface area (Å²) in [6.07, 6.45) is 4.04. The molecule has 0 fully saturated rings. The molecule has 0 rings (SSSR count). The lowest BCUT2D eigenvalue weighted by Gasteiger charge is -2.23. The van der Waals surface area contributed by atoms with E-state index in [9.17, 15) is 0 Å². The van der Waals surface area contributed by atoms with Gasteiger partial charge in [0.15, 0.2) is 0 Å². The summed E-state index contributed by atoms with van der Waals surface area (Å²) in [6.45, 7) is 1.30. The van der Waals surface area contributed by atoms with E-state index in [-0.39, 0.29) is 17.0 Å². The fraction of sp³-hybridized carbons (Fsp3) is 1.00. The summed E-state index contributed by atoms with van der Waals surface area (Å²) in [6, 6.07) is 0. The zero-order valence-corrected chi connectivity index (χ0v) is 11.1. The number of unbranched alkanes of at least 4 members (excludes halogenated alkanes) is 2. The molecule has 0 radical (unpaired) electrons. The number of hydrogen-bond acceptors (Lipinski definition) is 0. The highest BCUT2D eigenvalue weighted by Crippen LogP contribution is 2.01. The van der Waals surface area contributed by atoms with Crippen LogP contribution in [0.3, 0.4) is 0 Å². The van der Waals surface area contributed by atoms with E-state index in [0.717, 1.165) is 9.81 Å². The number of halogens is 2. The maximum Gasteiger partial charge on any atom is 0.0780 e. The van der Waals surface area contributed by atoms with Gasteiger partial charge in [-0.1, -0.05) is 15.9 Å². The number of nitrogens with zero attached hydrogens (tertiary/aromatic N) is 1. The molecule has 3 heteroatoms. The maximum atomic E-state index is 3.42. The molecule has 0 N–H and O–H groups in total. The van der Waals surface area contributed by atoms with Gasteiger partial charge in [-0.15, -0.1) is 17.0 Å². The standard InChI is InChI=1S/C8H19BrN.BrH/c1-10(2,3)8-6-4-5-7-9;/h4-8H2,1-3H3;1H/q+1;. The largest absolute Gasteiger partial charge is 0.331 e. The van der Waals surface area contributed by atoms with Gasteiger partial charge in [-0.3, -0.25) is 0 Å². The molecule has 1 nitrogen and oxygen atoms in total. The molecule has 11 heavy (non-hydrogen) atoms. The van der Waals surface area contributed by atoms with Crippen LogP contribution in [0.1, 0.15) is 19.3 Å². The Morgan fingerprint density at radius 3 is 1.91 bits per heavy atom. The van der Waals surface area contributed by atoms with E-state index in [0.29, 0.717) is 0 Å². The van der Waals surface area contributed by atoms with E-state index in [2.05, 4.69) is 37.1 Å². The van der Waals surface area contributed by atoms with Gasteiger partial charge in [0.1, 0.15) is 0 Å². The average molecular weight is 290 g/mol. The van der Waals surface area contributed by atoms with Crippen LogP contribution < -0.4 is 0 Å². The highest BCUT2D eigenvalue weighted by molar-refractivity contribution is 9.09. The van der Waals surface area contributed by atoms with E-state index in [1.165, 1.54) is 25.8 Å². The first-order chi connectivity index (χ1) is 4.56. The predicted molar refractivity (Wildman–Crippen MR) is 60.9 cm³/mol. The second kappa shape index (κ2) is 7.56. The smallest absolute Gasteiger partial charge is 0.0780 e. The minimum absolute atomic E-state index is 0. The molecular formula is C8H20Br2N+. The van der Waals surface area contributed by atoms with Crippen LogP contribution in [0.4, 0.5) is 0 Å². The first-order valence-corrected chi connectivity index (χ1v) is 5.05. The molecule has 0 aromatic heterocycles. The third-order valence-electron chi connectivity index (χ3n) is 1.46. The van der Waals surface area contributed by atoms with Gasteiger partial charge in [0.2, 0.25) is 0 Å². The Bertz CT molecular complexity index is 78.7. The summed E-state index contributed by atoms with van der Waals surface area (Å²) >= 11 is 3.42. The summed E-state index contributed by atoms with van der Waals surface area (Å²) in [7, 11) is 6.73. The second-order valence-electron chi connectivity index (χ2n) is 3.76. The van der Waals surface area contributed by atoms with Gasteiger partial charge in [0, 0.05) is 5.33 Å². The van der Waals surface area contributed by atoms with E-state index < -0.39 is 0 Å². The Hall–Kier alpha value is 0.920. The number of rotatable bonds is 5. The van der Waals surface area contributed by atoms with Crippen molar-refractivity contribution in [3.05, 3.63) is 0 Å².